The Hall–Kier alpha value is -2.32. The fourth-order valence-corrected chi connectivity index (χ4v) is 4.49. The summed E-state index contributed by atoms with van der Waals surface area (Å²) in [7, 11) is -3.29. The van der Waals surface area contributed by atoms with Crippen LogP contribution in [0.5, 0.6) is 0 Å². The van der Waals surface area contributed by atoms with Crippen molar-refractivity contribution in [3.05, 3.63) is 48.5 Å². The predicted molar refractivity (Wildman–Crippen MR) is 99.0 cm³/mol. The average Bonchev–Trinajstić information content (AvgIpc) is 3.11. The number of nitrogens with zero attached hydrogens (tertiary/aromatic N) is 4. The molecule has 0 saturated carbocycles. The first kappa shape index (κ1) is 18.1. The van der Waals surface area contributed by atoms with Crippen LogP contribution in [0.2, 0.25) is 0 Å². The van der Waals surface area contributed by atoms with E-state index >= 15 is 0 Å². The minimum absolute atomic E-state index is 0.0971. The molecule has 3 aromatic rings. The predicted octanol–water partition coefficient (Wildman–Crippen LogP) is 2.75. The van der Waals surface area contributed by atoms with Crippen molar-refractivity contribution in [1.29, 1.82) is 0 Å². The van der Waals surface area contributed by atoms with E-state index in [4.69, 9.17) is 19.5 Å². The topological polar surface area (TPSA) is 114 Å². The molecule has 2 N–H and O–H groups in total. The molecule has 0 aliphatic carbocycles. The SMILES string of the molecule is Nc1ncnc2c1ncn2CCOC[P@@]1(=O)OCC[C@@H](c2ccccc2)O1. The van der Waals surface area contributed by atoms with Crippen molar-refractivity contribution in [2.45, 2.75) is 19.1 Å². The summed E-state index contributed by atoms with van der Waals surface area (Å²) < 4.78 is 31.3. The summed E-state index contributed by atoms with van der Waals surface area (Å²) >= 11 is 0. The summed E-state index contributed by atoms with van der Waals surface area (Å²) in [4.78, 5) is 12.3. The molecule has 0 amide bonds. The number of anilines is 1. The van der Waals surface area contributed by atoms with E-state index in [1.165, 1.54) is 6.33 Å². The minimum atomic E-state index is -3.29. The van der Waals surface area contributed by atoms with Gasteiger partial charge in [-0.1, -0.05) is 30.3 Å². The molecule has 2 atom stereocenters. The first-order valence-corrected chi connectivity index (χ1v) is 10.3. The monoisotopic (exact) mass is 389 g/mol. The number of benzene rings is 1. The number of hydrogen-bond donors (Lipinski definition) is 1. The van der Waals surface area contributed by atoms with Crippen LogP contribution in [0.15, 0.2) is 43.0 Å². The van der Waals surface area contributed by atoms with Crippen LogP contribution in [-0.2, 0) is 24.9 Å². The van der Waals surface area contributed by atoms with E-state index in [0.29, 0.717) is 43.2 Å². The highest BCUT2D eigenvalue weighted by molar-refractivity contribution is 7.53. The largest absolute Gasteiger partial charge is 0.382 e. The van der Waals surface area contributed by atoms with Gasteiger partial charge in [0.1, 0.15) is 18.2 Å². The molecule has 4 rings (SSSR count). The molecular weight excluding hydrogens is 369 g/mol. The van der Waals surface area contributed by atoms with Crippen LogP contribution in [-0.4, -0.2) is 39.1 Å². The first-order chi connectivity index (χ1) is 13.1. The van der Waals surface area contributed by atoms with Crippen molar-refractivity contribution < 1.29 is 18.3 Å². The Morgan fingerprint density at radius 2 is 2.11 bits per heavy atom. The summed E-state index contributed by atoms with van der Waals surface area (Å²) in [5.41, 5.74) is 7.94. The van der Waals surface area contributed by atoms with Crippen LogP contribution in [0.3, 0.4) is 0 Å². The smallest absolute Gasteiger partial charge is 0.356 e. The molecule has 0 bridgehead atoms. The van der Waals surface area contributed by atoms with Crippen LogP contribution in [0.4, 0.5) is 5.82 Å². The molecule has 27 heavy (non-hydrogen) atoms. The van der Waals surface area contributed by atoms with Gasteiger partial charge in [0.2, 0.25) is 0 Å². The van der Waals surface area contributed by atoms with Crippen LogP contribution in [0.25, 0.3) is 11.2 Å². The van der Waals surface area contributed by atoms with Gasteiger partial charge in [-0.3, -0.25) is 9.09 Å². The van der Waals surface area contributed by atoms with Crippen molar-refractivity contribution in [1.82, 2.24) is 19.5 Å². The van der Waals surface area contributed by atoms with Crippen LogP contribution in [0, 0.1) is 0 Å². The fraction of sp³-hybridized carbons (Fsp3) is 0.353. The molecule has 9 nitrogen and oxygen atoms in total. The van der Waals surface area contributed by atoms with Gasteiger partial charge in [-0.05, 0) is 5.56 Å². The Morgan fingerprint density at radius 3 is 2.96 bits per heavy atom. The van der Waals surface area contributed by atoms with Crippen LogP contribution in [0.1, 0.15) is 18.1 Å². The molecule has 10 heteroatoms. The molecule has 2 aromatic heterocycles. The lowest BCUT2D eigenvalue weighted by Gasteiger charge is -2.29. The van der Waals surface area contributed by atoms with E-state index in [9.17, 15) is 4.57 Å². The van der Waals surface area contributed by atoms with Gasteiger partial charge in [0.25, 0.3) is 0 Å². The highest BCUT2D eigenvalue weighted by Crippen LogP contribution is 2.55. The number of hydrogen-bond acceptors (Lipinski definition) is 8. The zero-order valence-electron chi connectivity index (χ0n) is 14.6. The molecule has 1 aliphatic rings. The van der Waals surface area contributed by atoms with Crippen LogP contribution >= 0.6 is 7.60 Å². The lowest BCUT2D eigenvalue weighted by atomic mass is 10.1. The van der Waals surface area contributed by atoms with E-state index in [2.05, 4.69) is 15.0 Å². The number of imidazole rings is 1. The first-order valence-electron chi connectivity index (χ1n) is 8.61. The third-order valence-corrected chi connectivity index (χ3v) is 5.93. The zero-order chi connectivity index (χ0) is 18.7. The second kappa shape index (κ2) is 7.74. The van der Waals surface area contributed by atoms with Crippen molar-refractivity contribution in [3.63, 3.8) is 0 Å². The molecule has 1 fully saturated rings. The van der Waals surface area contributed by atoms with Crippen molar-refractivity contribution in [2.75, 3.05) is 25.3 Å². The van der Waals surface area contributed by atoms with Crippen molar-refractivity contribution in [3.8, 4) is 0 Å². The maximum absolute atomic E-state index is 12.8. The molecule has 3 heterocycles. The van der Waals surface area contributed by atoms with Gasteiger partial charge in [0.05, 0.1) is 25.6 Å². The molecule has 1 aliphatic heterocycles. The number of nitrogen functional groups attached to an aromatic ring is 1. The summed E-state index contributed by atoms with van der Waals surface area (Å²) in [5, 5.41) is 0. The van der Waals surface area contributed by atoms with Gasteiger partial charge in [0.15, 0.2) is 11.5 Å². The Morgan fingerprint density at radius 1 is 1.26 bits per heavy atom. The summed E-state index contributed by atoms with van der Waals surface area (Å²) in [6, 6.07) is 9.71. The van der Waals surface area contributed by atoms with E-state index in [1.807, 2.05) is 30.3 Å². The van der Waals surface area contributed by atoms with Gasteiger partial charge in [-0.2, -0.15) is 0 Å². The van der Waals surface area contributed by atoms with Gasteiger partial charge in [0, 0.05) is 13.0 Å². The van der Waals surface area contributed by atoms with E-state index in [-0.39, 0.29) is 12.5 Å². The Kier molecular flexibility index (Phi) is 5.18. The lowest BCUT2D eigenvalue weighted by molar-refractivity contribution is 0.0563. The van der Waals surface area contributed by atoms with Crippen molar-refractivity contribution >= 4 is 24.6 Å². The zero-order valence-corrected chi connectivity index (χ0v) is 15.5. The number of ether oxygens (including phenoxy) is 1. The quantitative estimate of drug-likeness (QED) is 0.506. The van der Waals surface area contributed by atoms with E-state index < -0.39 is 7.60 Å². The number of fused-ring (bicyclic) bond motifs is 1. The second-order valence-electron chi connectivity index (χ2n) is 6.14. The number of aromatic nitrogens is 4. The third kappa shape index (κ3) is 4.01. The molecule has 0 spiro atoms. The highest BCUT2D eigenvalue weighted by Gasteiger charge is 2.34. The summed E-state index contributed by atoms with van der Waals surface area (Å²) in [6.07, 6.45) is 3.34. The highest BCUT2D eigenvalue weighted by atomic mass is 31.2. The molecule has 0 unspecified atom stereocenters. The minimum Gasteiger partial charge on any atom is -0.382 e. The third-order valence-electron chi connectivity index (χ3n) is 4.28. The Bertz CT molecular complexity index is 964. The standard InChI is InChI=1S/C17H20N5O4P/c18-16-15-17(20-10-19-16)22(11-21-15)7-9-24-12-27(23)25-8-6-14(26-27)13-4-2-1-3-5-13/h1-5,10-11,14H,6-9,12H2,(H2,18,19,20)/t14-,27+/m0/s1. The molecule has 1 aromatic carbocycles. The Labute approximate surface area is 156 Å². The van der Waals surface area contributed by atoms with Gasteiger partial charge < -0.3 is 19.6 Å². The normalized spacial score (nSPS) is 22.9. The van der Waals surface area contributed by atoms with Crippen LogP contribution < -0.4 is 5.73 Å². The number of nitrogens with two attached hydrogens (primary N) is 1. The van der Waals surface area contributed by atoms with Gasteiger partial charge in [-0.25, -0.2) is 15.0 Å². The van der Waals surface area contributed by atoms with E-state index in [0.717, 1.165) is 5.56 Å². The van der Waals surface area contributed by atoms with Crippen molar-refractivity contribution in [2.24, 2.45) is 0 Å². The number of rotatable bonds is 6. The second-order valence-corrected chi connectivity index (χ2v) is 8.09. The van der Waals surface area contributed by atoms with Gasteiger partial charge in [-0.15, -0.1) is 0 Å². The van der Waals surface area contributed by atoms with E-state index in [1.54, 1.807) is 10.9 Å². The van der Waals surface area contributed by atoms with Gasteiger partial charge >= 0.3 is 7.60 Å². The average molecular weight is 389 g/mol. The molecule has 0 radical (unpaired) electrons. The fourth-order valence-electron chi connectivity index (χ4n) is 2.94. The molecular formula is C17H20N5O4P. The summed E-state index contributed by atoms with van der Waals surface area (Å²) in [6.45, 7) is 1.17. The summed E-state index contributed by atoms with van der Waals surface area (Å²) in [5.74, 6) is 0.333. The maximum Gasteiger partial charge on any atom is 0.356 e. The lowest BCUT2D eigenvalue weighted by Crippen LogP contribution is -2.17. The molecule has 1 saturated heterocycles. The maximum atomic E-state index is 12.8. The molecule has 142 valence electrons. The Balaban J connectivity index is 1.33.